The molecular formula is C15H13Cl2NO5S. The summed E-state index contributed by atoms with van der Waals surface area (Å²) < 4.78 is 30.0. The normalized spacial score (nSPS) is 11.5. The van der Waals surface area contributed by atoms with Gasteiger partial charge in [-0.2, -0.15) is 0 Å². The molecule has 24 heavy (non-hydrogen) atoms. The van der Waals surface area contributed by atoms with Crippen molar-refractivity contribution in [3.05, 3.63) is 58.1 Å². The van der Waals surface area contributed by atoms with Crippen LogP contribution in [-0.4, -0.2) is 33.0 Å². The quantitative estimate of drug-likeness (QED) is 0.445. The summed E-state index contributed by atoms with van der Waals surface area (Å²) in [6.07, 6.45) is 0. The Morgan fingerprint density at radius 1 is 1.08 bits per heavy atom. The van der Waals surface area contributed by atoms with E-state index in [2.05, 4.69) is 4.84 Å². The van der Waals surface area contributed by atoms with E-state index < -0.39 is 16.0 Å². The highest BCUT2D eigenvalue weighted by Gasteiger charge is 2.21. The van der Waals surface area contributed by atoms with Crippen molar-refractivity contribution in [1.82, 2.24) is 4.47 Å². The van der Waals surface area contributed by atoms with Gasteiger partial charge in [-0.1, -0.05) is 33.7 Å². The Balaban J connectivity index is 2.22. The van der Waals surface area contributed by atoms with E-state index in [-0.39, 0.29) is 26.3 Å². The number of nitrogens with zero attached hydrogens (tertiary/aromatic N) is 1. The Morgan fingerprint density at radius 3 is 2.29 bits per heavy atom. The van der Waals surface area contributed by atoms with Crippen LogP contribution in [-0.2, 0) is 14.9 Å². The second kappa shape index (κ2) is 7.50. The second-order valence-electron chi connectivity index (χ2n) is 4.56. The number of carbonyl (C=O) groups is 1. The predicted molar refractivity (Wildman–Crippen MR) is 89.8 cm³/mol. The molecule has 2 aromatic carbocycles. The largest absolute Gasteiger partial charge is 0.421 e. The smallest absolute Gasteiger partial charge is 0.343 e. The fourth-order valence-electron chi connectivity index (χ4n) is 1.73. The Labute approximate surface area is 149 Å². The lowest BCUT2D eigenvalue weighted by atomic mass is 10.2. The summed E-state index contributed by atoms with van der Waals surface area (Å²) in [7, 11) is -1.29. The fraction of sp³-hybridized carbons (Fsp3) is 0.133. The highest BCUT2D eigenvalue weighted by atomic mass is 35.5. The monoisotopic (exact) mass is 389 g/mol. The van der Waals surface area contributed by atoms with Gasteiger partial charge in [-0.15, -0.1) is 0 Å². The molecule has 0 spiro atoms. The van der Waals surface area contributed by atoms with Crippen molar-refractivity contribution in [2.45, 2.75) is 4.90 Å². The van der Waals surface area contributed by atoms with Crippen molar-refractivity contribution in [2.75, 3.05) is 14.2 Å². The second-order valence-corrected chi connectivity index (χ2v) is 7.28. The number of carbonyl (C=O) groups excluding carboxylic acids is 1. The van der Waals surface area contributed by atoms with Gasteiger partial charge in [0.15, 0.2) is 5.75 Å². The van der Waals surface area contributed by atoms with E-state index in [1.54, 1.807) is 12.1 Å². The third-order valence-corrected chi connectivity index (χ3v) is 5.60. The molecule has 128 valence electrons. The molecule has 9 heteroatoms. The zero-order valence-corrected chi connectivity index (χ0v) is 15.0. The summed E-state index contributed by atoms with van der Waals surface area (Å²) in [6.45, 7) is 0. The molecule has 0 fully saturated rings. The third-order valence-electron chi connectivity index (χ3n) is 3.10. The number of sulfonamides is 1. The minimum atomic E-state index is -3.78. The lowest BCUT2D eigenvalue weighted by molar-refractivity contribution is -0.0258. The first-order valence-electron chi connectivity index (χ1n) is 6.56. The van der Waals surface area contributed by atoms with Crippen LogP contribution in [0.3, 0.4) is 0 Å². The Bertz CT molecular complexity index is 853. The maximum atomic E-state index is 12.1. The van der Waals surface area contributed by atoms with Crippen LogP contribution in [0.5, 0.6) is 5.75 Å². The maximum absolute atomic E-state index is 12.1. The predicted octanol–water partition coefficient (Wildman–Crippen LogP) is 3.39. The van der Waals surface area contributed by atoms with Crippen molar-refractivity contribution in [3.8, 4) is 5.75 Å². The van der Waals surface area contributed by atoms with Gasteiger partial charge in [0, 0.05) is 7.05 Å². The lowest BCUT2D eigenvalue weighted by Crippen LogP contribution is -2.25. The average molecular weight is 390 g/mol. The van der Waals surface area contributed by atoms with Crippen LogP contribution >= 0.6 is 23.2 Å². The van der Waals surface area contributed by atoms with E-state index in [4.69, 9.17) is 27.9 Å². The zero-order valence-electron chi connectivity index (χ0n) is 12.7. The van der Waals surface area contributed by atoms with Crippen molar-refractivity contribution in [3.63, 3.8) is 0 Å². The third kappa shape index (κ3) is 3.88. The molecule has 0 N–H and O–H groups in total. The minimum Gasteiger partial charge on any atom is -0.421 e. The summed E-state index contributed by atoms with van der Waals surface area (Å²) in [5.74, 6) is -0.576. The molecule has 0 atom stereocenters. The summed E-state index contributed by atoms with van der Waals surface area (Å²) in [4.78, 5) is 16.8. The van der Waals surface area contributed by atoms with Crippen LogP contribution in [0.15, 0.2) is 47.4 Å². The molecule has 6 nitrogen and oxygen atoms in total. The molecule has 0 amide bonds. The van der Waals surface area contributed by atoms with Crippen LogP contribution < -0.4 is 4.74 Å². The minimum absolute atomic E-state index is 0.0239. The number of hydrogen-bond donors (Lipinski definition) is 0. The molecule has 0 aliphatic rings. The van der Waals surface area contributed by atoms with Gasteiger partial charge < -0.3 is 4.74 Å². The van der Waals surface area contributed by atoms with Crippen molar-refractivity contribution in [1.29, 1.82) is 0 Å². The van der Waals surface area contributed by atoms with Crippen LogP contribution in [0.1, 0.15) is 10.4 Å². The van der Waals surface area contributed by atoms with Crippen LogP contribution in [0.2, 0.25) is 10.0 Å². The summed E-state index contributed by atoms with van der Waals surface area (Å²) in [5.41, 5.74) is 0.157. The van der Waals surface area contributed by atoms with Crippen LogP contribution in [0.4, 0.5) is 0 Å². The highest BCUT2D eigenvalue weighted by Crippen LogP contribution is 2.32. The van der Waals surface area contributed by atoms with Crippen molar-refractivity contribution < 1.29 is 22.8 Å². The van der Waals surface area contributed by atoms with Gasteiger partial charge in [0.25, 0.3) is 10.0 Å². The van der Waals surface area contributed by atoms with Crippen LogP contribution in [0.25, 0.3) is 0 Å². The summed E-state index contributed by atoms with van der Waals surface area (Å²) in [6, 6.07) is 9.87. The molecular weight excluding hydrogens is 377 g/mol. The molecule has 0 heterocycles. The van der Waals surface area contributed by atoms with Gasteiger partial charge in [0.2, 0.25) is 0 Å². The number of hydrogen-bond acceptors (Lipinski definition) is 5. The summed E-state index contributed by atoms with van der Waals surface area (Å²) in [5, 5.41) is 0.374. The molecule has 0 aliphatic heterocycles. The first-order chi connectivity index (χ1) is 11.3. The number of halogens is 2. The van der Waals surface area contributed by atoms with Crippen molar-refractivity contribution in [2.24, 2.45) is 0 Å². The number of benzene rings is 2. The summed E-state index contributed by atoms with van der Waals surface area (Å²) >= 11 is 11.8. The van der Waals surface area contributed by atoms with E-state index in [1.165, 1.54) is 44.5 Å². The molecule has 0 radical (unpaired) electrons. The topological polar surface area (TPSA) is 72.9 Å². The van der Waals surface area contributed by atoms with Gasteiger partial charge in [-0.25, -0.2) is 13.2 Å². The number of esters is 1. The molecule has 2 rings (SSSR count). The van der Waals surface area contributed by atoms with Gasteiger partial charge in [-0.05, 0) is 36.4 Å². The van der Waals surface area contributed by atoms with Crippen LogP contribution in [0, 0.1) is 0 Å². The average Bonchev–Trinajstić information content (AvgIpc) is 2.58. The van der Waals surface area contributed by atoms with Gasteiger partial charge in [0.1, 0.15) is 5.02 Å². The molecule has 0 aromatic heterocycles. The van der Waals surface area contributed by atoms with E-state index in [9.17, 15) is 13.2 Å². The van der Waals surface area contributed by atoms with Crippen molar-refractivity contribution >= 4 is 39.2 Å². The SMILES string of the molecule is CON(C)S(=O)(=O)c1ccc(C(=O)Oc2cccc(Cl)c2Cl)cc1. The maximum Gasteiger partial charge on any atom is 0.343 e. The molecule has 2 aromatic rings. The lowest BCUT2D eigenvalue weighted by Gasteiger charge is -2.14. The van der Waals surface area contributed by atoms with E-state index in [1.807, 2.05) is 0 Å². The Hall–Kier alpha value is -1.64. The first-order valence-corrected chi connectivity index (χ1v) is 8.76. The van der Waals surface area contributed by atoms with Gasteiger partial charge in [0.05, 0.1) is 22.6 Å². The number of ether oxygens (including phenoxy) is 1. The Kier molecular flexibility index (Phi) is 5.84. The Morgan fingerprint density at radius 2 is 1.71 bits per heavy atom. The molecule has 0 bridgehead atoms. The molecule has 0 saturated carbocycles. The zero-order chi connectivity index (χ0) is 17.9. The van der Waals surface area contributed by atoms with E-state index >= 15 is 0 Å². The molecule has 0 aliphatic carbocycles. The van der Waals surface area contributed by atoms with Gasteiger partial charge >= 0.3 is 5.97 Å². The number of rotatable bonds is 5. The molecule has 0 saturated heterocycles. The first kappa shape index (κ1) is 18.7. The highest BCUT2D eigenvalue weighted by molar-refractivity contribution is 7.89. The van der Waals surface area contributed by atoms with E-state index in [0.717, 1.165) is 0 Å². The van der Waals surface area contributed by atoms with Gasteiger partial charge in [-0.3, -0.25) is 4.84 Å². The standard InChI is InChI=1S/C15H13Cl2NO5S/c1-18(22-2)24(20,21)11-8-6-10(7-9-11)15(19)23-13-5-3-4-12(16)14(13)17/h3-9H,1-2H3. The fourth-order valence-corrected chi connectivity index (χ4v) is 3.03. The van der Waals surface area contributed by atoms with E-state index in [0.29, 0.717) is 4.47 Å². The molecule has 0 unspecified atom stereocenters. The number of hydroxylamine groups is 1.